The average molecular weight is 250 g/mol. The van der Waals surface area contributed by atoms with Gasteiger partial charge in [-0.2, -0.15) is 11.8 Å². The normalized spacial score (nSPS) is 20.9. The number of fused-ring (bicyclic) bond motifs is 1. The molecule has 1 heterocycles. The molecule has 1 aliphatic rings. The summed E-state index contributed by atoms with van der Waals surface area (Å²) in [4.78, 5) is 4.58. The highest BCUT2D eigenvalue weighted by atomic mass is 32.2. The van der Waals surface area contributed by atoms with Crippen LogP contribution >= 0.6 is 11.8 Å². The summed E-state index contributed by atoms with van der Waals surface area (Å²) < 4.78 is 0. The number of nitrogens with one attached hydrogen (secondary N) is 1. The van der Waals surface area contributed by atoms with E-state index >= 15 is 0 Å². The predicted octanol–water partition coefficient (Wildman–Crippen LogP) is 3.19. The molecule has 0 fully saturated rings. The Kier molecular flexibility index (Phi) is 4.86. The lowest BCUT2D eigenvalue weighted by atomic mass is 9.91. The molecular formula is C14H22N2S. The molecule has 0 saturated carbocycles. The third-order valence-electron chi connectivity index (χ3n) is 3.49. The van der Waals surface area contributed by atoms with Crippen LogP contribution in [0.4, 0.5) is 0 Å². The van der Waals surface area contributed by atoms with E-state index in [0.717, 1.165) is 0 Å². The number of thioether (sulfide) groups is 1. The third kappa shape index (κ3) is 3.23. The second-order valence-electron chi connectivity index (χ2n) is 4.72. The molecule has 0 aliphatic heterocycles. The molecule has 1 aromatic rings. The summed E-state index contributed by atoms with van der Waals surface area (Å²) in [5.41, 5.74) is 2.73. The smallest absolute Gasteiger partial charge is 0.0605 e. The summed E-state index contributed by atoms with van der Waals surface area (Å²) in [6.45, 7) is 2.26. The molecule has 2 atom stereocenters. The first kappa shape index (κ1) is 12.9. The molecule has 0 bridgehead atoms. The van der Waals surface area contributed by atoms with Crippen LogP contribution in [0, 0.1) is 0 Å². The molecule has 2 rings (SSSR count). The van der Waals surface area contributed by atoms with Crippen molar-refractivity contribution in [2.24, 2.45) is 0 Å². The van der Waals surface area contributed by atoms with E-state index in [-0.39, 0.29) is 0 Å². The molecule has 0 radical (unpaired) electrons. The van der Waals surface area contributed by atoms with Gasteiger partial charge in [-0.3, -0.25) is 4.98 Å². The molecule has 2 nitrogen and oxygen atoms in total. The van der Waals surface area contributed by atoms with Gasteiger partial charge in [-0.25, -0.2) is 0 Å². The molecule has 2 unspecified atom stereocenters. The molecular weight excluding hydrogens is 228 g/mol. The van der Waals surface area contributed by atoms with Crippen LogP contribution < -0.4 is 5.32 Å². The standard InChI is InChI=1S/C14H22N2S/c1-3-12(10-17-2)16-13-8-4-6-11-7-5-9-15-14(11)13/h5,7,9,12-13,16H,3-4,6,8,10H2,1-2H3. The fraction of sp³-hybridized carbons (Fsp3) is 0.643. The van der Waals surface area contributed by atoms with E-state index in [1.165, 1.54) is 42.7 Å². The number of aryl methyl sites for hydroxylation is 1. The summed E-state index contributed by atoms with van der Waals surface area (Å²) in [7, 11) is 0. The maximum absolute atomic E-state index is 4.58. The van der Waals surface area contributed by atoms with E-state index < -0.39 is 0 Å². The van der Waals surface area contributed by atoms with Gasteiger partial charge in [-0.05, 0) is 43.6 Å². The highest BCUT2D eigenvalue weighted by Gasteiger charge is 2.22. The van der Waals surface area contributed by atoms with Gasteiger partial charge in [0, 0.05) is 24.0 Å². The fourth-order valence-electron chi connectivity index (χ4n) is 2.54. The van der Waals surface area contributed by atoms with Gasteiger partial charge in [-0.15, -0.1) is 0 Å². The molecule has 0 aromatic carbocycles. The Morgan fingerprint density at radius 2 is 2.47 bits per heavy atom. The van der Waals surface area contributed by atoms with Crippen LogP contribution in [0.5, 0.6) is 0 Å². The van der Waals surface area contributed by atoms with Crippen LogP contribution in [0.15, 0.2) is 18.3 Å². The Balaban J connectivity index is 2.07. The zero-order valence-electron chi connectivity index (χ0n) is 10.8. The Labute approximate surface area is 109 Å². The van der Waals surface area contributed by atoms with Gasteiger partial charge in [-0.1, -0.05) is 13.0 Å². The molecule has 0 spiro atoms. The molecule has 0 saturated heterocycles. The first-order valence-corrected chi connectivity index (χ1v) is 7.93. The Hall–Kier alpha value is -0.540. The number of hydrogen-bond acceptors (Lipinski definition) is 3. The van der Waals surface area contributed by atoms with Crippen LogP contribution in [0.3, 0.4) is 0 Å². The topological polar surface area (TPSA) is 24.9 Å². The maximum Gasteiger partial charge on any atom is 0.0605 e. The number of hydrogen-bond donors (Lipinski definition) is 1. The lowest BCUT2D eigenvalue weighted by molar-refractivity contribution is 0.398. The van der Waals surface area contributed by atoms with E-state index in [9.17, 15) is 0 Å². The van der Waals surface area contributed by atoms with Crippen LogP contribution in [-0.2, 0) is 6.42 Å². The first-order valence-electron chi connectivity index (χ1n) is 6.54. The molecule has 3 heteroatoms. The highest BCUT2D eigenvalue weighted by Crippen LogP contribution is 2.28. The summed E-state index contributed by atoms with van der Waals surface area (Å²) in [5, 5.41) is 3.78. The molecule has 17 heavy (non-hydrogen) atoms. The van der Waals surface area contributed by atoms with Crippen molar-refractivity contribution in [3.63, 3.8) is 0 Å². The van der Waals surface area contributed by atoms with Crippen molar-refractivity contribution in [3.8, 4) is 0 Å². The van der Waals surface area contributed by atoms with E-state index in [1.807, 2.05) is 18.0 Å². The first-order chi connectivity index (χ1) is 8.35. The van der Waals surface area contributed by atoms with Gasteiger partial charge in [0.25, 0.3) is 0 Å². The predicted molar refractivity (Wildman–Crippen MR) is 75.5 cm³/mol. The summed E-state index contributed by atoms with van der Waals surface area (Å²) in [6, 6.07) is 5.37. The van der Waals surface area contributed by atoms with Crippen molar-refractivity contribution in [1.82, 2.24) is 10.3 Å². The fourth-order valence-corrected chi connectivity index (χ4v) is 3.28. The number of aromatic nitrogens is 1. The monoisotopic (exact) mass is 250 g/mol. The molecule has 1 aromatic heterocycles. The van der Waals surface area contributed by atoms with Gasteiger partial charge in [0.1, 0.15) is 0 Å². The Morgan fingerprint density at radius 3 is 3.24 bits per heavy atom. The highest BCUT2D eigenvalue weighted by molar-refractivity contribution is 7.98. The van der Waals surface area contributed by atoms with Crippen molar-refractivity contribution in [2.75, 3.05) is 12.0 Å². The van der Waals surface area contributed by atoms with E-state index in [1.54, 1.807) is 0 Å². The van der Waals surface area contributed by atoms with Crippen molar-refractivity contribution in [1.29, 1.82) is 0 Å². The average Bonchev–Trinajstić information content (AvgIpc) is 2.38. The van der Waals surface area contributed by atoms with Gasteiger partial charge in [0.15, 0.2) is 0 Å². The second kappa shape index (κ2) is 6.41. The summed E-state index contributed by atoms with van der Waals surface area (Å²) in [6.07, 6.45) is 9.01. The molecule has 1 N–H and O–H groups in total. The zero-order valence-corrected chi connectivity index (χ0v) is 11.6. The third-order valence-corrected chi connectivity index (χ3v) is 4.23. The minimum Gasteiger partial charge on any atom is -0.305 e. The lowest BCUT2D eigenvalue weighted by Gasteiger charge is -2.29. The summed E-state index contributed by atoms with van der Waals surface area (Å²) >= 11 is 1.92. The second-order valence-corrected chi connectivity index (χ2v) is 5.63. The summed E-state index contributed by atoms with van der Waals surface area (Å²) in [5.74, 6) is 1.19. The van der Waals surface area contributed by atoms with Crippen molar-refractivity contribution in [2.45, 2.75) is 44.7 Å². The van der Waals surface area contributed by atoms with Gasteiger partial charge >= 0.3 is 0 Å². The van der Waals surface area contributed by atoms with Crippen LogP contribution in [0.25, 0.3) is 0 Å². The molecule has 94 valence electrons. The minimum atomic E-state index is 0.469. The molecule has 0 amide bonds. The quantitative estimate of drug-likeness (QED) is 0.868. The number of rotatable bonds is 5. The van der Waals surface area contributed by atoms with Crippen molar-refractivity contribution >= 4 is 11.8 Å². The van der Waals surface area contributed by atoms with Crippen molar-refractivity contribution < 1.29 is 0 Å². The minimum absolute atomic E-state index is 0.469. The maximum atomic E-state index is 4.58. The SMILES string of the molecule is CCC(CSC)NC1CCCc2cccnc21. The van der Waals surface area contributed by atoms with Gasteiger partial charge in [0.05, 0.1) is 5.69 Å². The van der Waals surface area contributed by atoms with E-state index in [4.69, 9.17) is 0 Å². The number of nitrogens with zero attached hydrogens (tertiary/aromatic N) is 1. The van der Waals surface area contributed by atoms with Crippen LogP contribution in [-0.4, -0.2) is 23.0 Å². The van der Waals surface area contributed by atoms with E-state index in [2.05, 4.69) is 35.6 Å². The largest absolute Gasteiger partial charge is 0.305 e. The van der Waals surface area contributed by atoms with Crippen LogP contribution in [0.2, 0.25) is 0 Å². The van der Waals surface area contributed by atoms with Gasteiger partial charge in [0.2, 0.25) is 0 Å². The molecule has 1 aliphatic carbocycles. The Bertz CT molecular complexity index is 354. The van der Waals surface area contributed by atoms with Crippen molar-refractivity contribution in [3.05, 3.63) is 29.6 Å². The van der Waals surface area contributed by atoms with E-state index in [0.29, 0.717) is 12.1 Å². The number of pyridine rings is 1. The Morgan fingerprint density at radius 1 is 1.59 bits per heavy atom. The van der Waals surface area contributed by atoms with Crippen LogP contribution in [0.1, 0.15) is 43.5 Å². The van der Waals surface area contributed by atoms with Gasteiger partial charge < -0.3 is 5.32 Å². The zero-order chi connectivity index (χ0) is 12.1. The lowest BCUT2D eigenvalue weighted by Crippen LogP contribution is -2.36.